The fourth-order valence-corrected chi connectivity index (χ4v) is 6.87. The van der Waals surface area contributed by atoms with Crippen molar-refractivity contribution in [3.8, 4) is 23.4 Å². The minimum atomic E-state index is -0.875. The first-order chi connectivity index (χ1) is 32.6. The second-order valence-corrected chi connectivity index (χ2v) is 16.0. The lowest BCUT2D eigenvalue weighted by atomic mass is 9.89. The van der Waals surface area contributed by atoms with Crippen LogP contribution in [-0.2, 0) is 51.1 Å². The van der Waals surface area contributed by atoms with E-state index in [-0.39, 0.29) is 105 Å². The lowest BCUT2D eigenvalue weighted by Crippen LogP contribution is -2.45. The number of carbonyl (C=O) groups excluding carboxylic acids is 6. The zero-order valence-electron chi connectivity index (χ0n) is 39.9. The first-order valence-corrected chi connectivity index (χ1v) is 22.5. The number of nitriles is 1. The quantitative estimate of drug-likeness (QED) is 0.0386. The van der Waals surface area contributed by atoms with E-state index in [9.17, 15) is 34.0 Å². The summed E-state index contributed by atoms with van der Waals surface area (Å²) in [5.41, 5.74) is 13.4. The summed E-state index contributed by atoms with van der Waals surface area (Å²) in [5, 5.41) is 21.1. The Morgan fingerprint density at radius 3 is 2.09 bits per heavy atom. The maximum Gasteiger partial charge on any atom is 0.312 e. The Bertz CT molecular complexity index is 2200. The maximum absolute atomic E-state index is 13.9. The summed E-state index contributed by atoms with van der Waals surface area (Å²) in [6.45, 7) is 9.03. The summed E-state index contributed by atoms with van der Waals surface area (Å²) in [6.07, 6.45) is 0.664. The fourth-order valence-electron chi connectivity index (χ4n) is 6.87. The molecule has 0 saturated heterocycles. The number of ketones is 2. The van der Waals surface area contributed by atoms with Gasteiger partial charge < -0.3 is 55.8 Å². The number of methoxy groups -OCH3 is 2. The maximum atomic E-state index is 13.9. The van der Waals surface area contributed by atoms with Crippen molar-refractivity contribution >= 4 is 52.5 Å². The Kier molecular flexibility index (Phi) is 24.3. The number of carbonyl (C=O) groups is 6. The van der Waals surface area contributed by atoms with E-state index < -0.39 is 29.8 Å². The Labute approximate surface area is 397 Å². The first kappa shape index (κ1) is 55.5. The highest BCUT2D eigenvalue weighted by atomic mass is 16.5. The summed E-state index contributed by atoms with van der Waals surface area (Å²) in [6, 6.07) is 14.0. The second kappa shape index (κ2) is 29.7. The molecule has 1 aromatic heterocycles. The van der Waals surface area contributed by atoms with Crippen LogP contribution in [0.15, 0.2) is 48.5 Å². The van der Waals surface area contributed by atoms with Crippen molar-refractivity contribution < 1.29 is 61.8 Å². The van der Waals surface area contributed by atoms with Crippen LogP contribution < -0.4 is 51.5 Å². The molecule has 68 heavy (non-hydrogen) atoms. The molecular weight excluding hydrogens is 881 g/mol. The molecule has 0 bridgehead atoms. The highest BCUT2D eigenvalue weighted by Crippen LogP contribution is 2.27. The van der Waals surface area contributed by atoms with E-state index >= 15 is 0 Å². The standard InChI is InChI=1S/C48H66N8O12/c1-7-68-47-38(29-49)39(50)28-42(54-44(60)27-35-25-37(63-5)14-15-41(35)64-6)56(47)30-33-10-12-36(13-11-33)53-46(61)34(9-8-18-52-48(51)62)26-40(58)45(31(2)3)55-43(59)17-20-66-22-24-67-23-21-65-19-16-32(4)57/h10-15,25,28,31,34,45H,7-9,16-24,26-27,30H2,1-6H3,(H7,50,51,52,53,54,55,59,60,61,62)/p+1/t34-,45+/m1/s1. The van der Waals surface area contributed by atoms with E-state index in [0.29, 0.717) is 67.6 Å². The van der Waals surface area contributed by atoms with E-state index in [0.717, 1.165) is 0 Å². The lowest BCUT2D eigenvalue weighted by molar-refractivity contribution is -0.679. The van der Waals surface area contributed by atoms with Crippen LogP contribution in [0.2, 0.25) is 0 Å². The van der Waals surface area contributed by atoms with Crippen molar-refractivity contribution in [2.45, 2.75) is 78.8 Å². The zero-order chi connectivity index (χ0) is 50.0. The van der Waals surface area contributed by atoms with Gasteiger partial charge in [-0.1, -0.05) is 26.0 Å². The molecule has 0 unspecified atom stereocenters. The Morgan fingerprint density at radius 1 is 0.838 bits per heavy atom. The monoisotopic (exact) mass is 947 g/mol. The molecule has 8 N–H and O–H groups in total. The number of primary amides is 1. The van der Waals surface area contributed by atoms with Crippen molar-refractivity contribution in [1.82, 2.24) is 10.6 Å². The van der Waals surface area contributed by atoms with Crippen molar-refractivity contribution in [3.05, 3.63) is 65.2 Å². The van der Waals surface area contributed by atoms with Crippen LogP contribution in [0.1, 0.15) is 76.5 Å². The smallest absolute Gasteiger partial charge is 0.312 e. The Morgan fingerprint density at radius 2 is 1.50 bits per heavy atom. The van der Waals surface area contributed by atoms with Crippen LogP contribution in [0.3, 0.4) is 0 Å². The van der Waals surface area contributed by atoms with Crippen molar-refractivity contribution in [3.63, 3.8) is 0 Å². The number of ether oxygens (including phenoxy) is 6. The summed E-state index contributed by atoms with van der Waals surface area (Å²) in [4.78, 5) is 76.3. The van der Waals surface area contributed by atoms with Crippen molar-refractivity contribution in [2.75, 3.05) is 83.4 Å². The van der Waals surface area contributed by atoms with Gasteiger partial charge in [0.25, 0.3) is 5.82 Å². The summed E-state index contributed by atoms with van der Waals surface area (Å²) >= 11 is 0. The van der Waals surface area contributed by atoms with Crippen molar-refractivity contribution in [1.29, 1.82) is 5.26 Å². The van der Waals surface area contributed by atoms with E-state index in [1.807, 2.05) is 0 Å². The number of rotatable bonds is 32. The van der Waals surface area contributed by atoms with Gasteiger partial charge in [0.1, 0.15) is 29.9 Å². The minimum absolute atomic E-state index is 0.00246. The molecule has 370 valence electrons. The van der Waals surface area contributed by atoms with Crippen molar-refractivity contribution in [2.24, 2.45) is 17.6 Å². The summed E-state index contributed by atoms with van der Waals surface area (Å²) in [5.74, 6) is -1.18. The largest absolute Gasteiger partial charge is 0.497 e. The predicted octanol–water partition coefficient (Wildman–Crippen LogP) is 3.60. The molecule has 0 aliphatic carbocycles. The molecule has 5 amide bonds. The number of amides is 5. The molecule has 0 aliphatic heterocycles. The number of aromatic nitrogens is 1. The van der Waals surface area contributed by atoms with Gasteiger partial charge in [-0.15, -0.1) is 0 Å². The zero-order valence-corrected chi connectivity index (χ0v) is 39.9. The number of nitrogens with two attached hydrogens (primary N) is 2. The van der Waals surface area contributed by atoms with E-state index in [4.69, 9.17) is 39.9 Å². The number of Topliss-reactive ketones (excluding diaryl/α,β-unsaturated/α-hetero) is 2. The van der Waals surface area contributed by atoms with Crippen LogP contribution in [0.4, 0.5) is 22.0 Å². The molecule has 1 heterocycles. The van der Waals surface area contributed by atoms with Gasteiger partial charge in [0.2, 0.25) is 11.8 Å². The van der Waals surface area contributed by atoms with Gasteiger partial charge in [-0.05, 0) is 68.5 Å². The number of hydrogen-bond donors (Lipinski definition) is 6. The highest BCUT2D eigenvalue weighted by molar-refractivity contribution is 5.97. The number of nitrogen functional groups attached to an aromatic ring is 1. The number of benzene rings is 2. The lowest BCUT2D eigenvalue weighted by Gasteiger charge is -2.24. The van der Waals surface area contributed by atoms with E-state index in [2.05, 4.69) is 27.3 Å². The molecule has 3 rings (SSSR count). The van der Waals surface area contributed by atoms with E-state index in [1.165, 1.54) is 27.2 Å². The third-order valence-corrected chi connectivity index (χ3v) is 10.4. The average Bonchev–Trinajstić information content (AvgIpc) is 3.29. The van der Waals surface area contributed by atoms with Gasteiger partial charge in [0.15, 0.2) is 11.3 Å². The van der Waals surface area contributed by atoms with Gasteiger partial charge in [-0.2, -0.15) is 9.83 Å². The molecule has 0 spiro atoms. The van der Waals surface area contributed by atoms with Gasteiger partial charge in [-0.3, -0.25) is 19.2 Å². The average molecular weight is 948 g/mol. The van der Waals surface area contributed by atoms with Crippen LogP contribution in [0, 0.1) is 23.2 Å². The van der Waals surface area contributed by atoms with Crippen LogP contribution >= 0.6 is 0 Å². The summed E-state index contributed by atoms with van der Waals surface area (Å²) < 4.78 is 34.6. The third kappa shape index (κ3) is 19.2. The summed E-state index contributed by atoms with van der Waals surface area (Å²) in [7, 11) is 3.03. The number of pyridine rings is 1. The SMILES string of the molecule is CCOc1c(C#N)c(N)cc(NC(=O)Cc2cc(OC)ccc2OC)[n+]1Cc1ccc(NC(=O)[C@H](CCCNC(N)=O)CC(=O)[C@@H](NC(=O)CCOCCOCCOCCC(C)=O)C(C)C)cc1. The third-order valence-electron chi connectivity index (χ3n) is 10.4. The topological polar surface area (TPSA) is 286 Å². The molecule has 0 aliphatic rings. The fraction of sp³-hybridized carbons (Fsp3) is 0.500. The van der Waals surface area contributed by atoms with Gasteiger partial charge in [0, 0.05) is 43.0 Å². The molecule has 0 radical (unpaired) electrons. The van der Waals surface area contributed by atoms with E-state index in [1.54, 1.807) is 67.8 Å². The number of urea groups is 1. The molecule has 3 aromatic rings. The molecule has 2 aromatic carbocycles. The first-order valence-electron chi connectivity index (χ1n) is 22.5. The molecule has 20 heteroatoms. The Hall–Kier alpha value is -6.82. The molecular formula is C48H67N8O12+. The minimum Gasteiger partial charge on any atom is -0.497 e. The van der Waals surface area contributed by atoms with Crippen LogP contribution in [0.5, 0.6) is 17.4 Å². The van der Waals surface area contributed by atoms with Crippen LogP contribution in [0.25, 0.3) is 0 Å². The Balaban J connectivity index is 1.71. The molecule has 2 atom stereocenters. The number of anilines is 3. The number of nitrogens with one attached hydrogen (secondary N) is 4. The normalized spacial score (nSPS) is 11.7. The number of hydrogen-bond acceptors (Lipinski definition) is 14. The highest BCUT2D eigenvalue weighted by Gasteiger charge is 2.30. The van der Waals surface area contributed by atoms with Gasteiger partial charge >= 0.3 is 17.8 Å². The molecule has 0 fully saturated rings. The molecule has 0 saturated carbocycles. The predicted molar refractivity (Wildman–Crippen MR) is 252 cm³/mol. The second-order valence-electron chi connectivity index (χ2n) is 16.0. The van der Waals surface area contributed by atoms with Gasteiger partial charge in [0.05, 0.1) is 84.7 Å². The van der Waals surface area contributed by atoms with Gasteiger partial charge in [-0.25, -0.2) is 14.9 Å². The van der Waals surface area contributed by atoms with Crippen LogP contribution in [-0.4, -0.2) is 108 Å². The molecule has 20 nitrogen and oxygen atoms in total. The number of nitrogens with zero attached hydrogens (tertiary/aromatic N) is 2.